The van der Waals surface area contributed by atoms with Gasteiger partial charge in [0.25, 0.3) is 0 Å². The number of carbonyl (C=O) groups excluding carboxylic acids is 2. The Morgan fingerprint density at radius 2 is 1.93 bits per heavy atom. The topological polar surface area (TPSA) is 66.4 Å². The van der Waals surface area contributed by atoms with Gasteiger partial charge in [0.2, 0.25) is 0 Å². The van der Waals surface area contributed by atoms with Crippen LogP contribution in [0.25, 0.3) is 0 Å². The van der Waals surface area contributed by atoms with Crippen molar-refractivity contribution >= 4 is 11.9 Å². The van der Waals surface area contributed by atoms with Gasteiger partial charge in [0, 0.05) is 11.6 Å². The first-order chi connectivity index (χ1) is 6.65. The summed E-state index contributed by atoms with van der Waals surface area (Å²) >= 11 is 0. The second-order valence-electron chi connectivity index (χ2n) is 2.41. The maximum Gasteiger partial charge on any atom is 1.00 e. The first kappa shape index (κ1) is 14.5. The maximum absolute atomic E-state index is 10.8. The predicted molar refractivity (Wildman–Crippen MR) is 46.6 cm³/mol. The SMILES string of the molecule is C=CC(=O)Oc1ccccc1C(=O)[O-].[K+]. The molecule has 0 aromatic heterocycles. The zero-order valence-corrected chi connectivity index (χ0v) is 11.3. The number of esters is 1. The molecule has 0 bridgehead atoms. The minimum atomic E-state index is -1.39. The number of carboxylic acid groups (broad SMARTS) is 1. The monoisotopic (exact) mass is 230 g/mol. The number of para-hydroxylation sites is 1. The molecule has 5 heteroatoms. The van der Waals surface area contributed by atoms with Crippen molar-refractivity contribution in [3.63, 3.8) is 0 Å². The zero-order valence-electron chi connectivity index (χ0n) is 8.23. The van der Waals surface area contributed by atoms with Gasteiger partial charge in [0.05, 0.1) is 5.97 Å². The van der Waals surface area contributed by atoms with Crippen LogP contribution < -0.4 is 61.2 Å². The molecule has 1 rings (SSSR count). The average Bonchev–Trinajstić information content (AvgIpc) is 2.18. The Kier molecular flexibility index (Phi) is 6.70. The maximum atomic E-state index is 10.8. The fourth-order valence-electron chi connectivity index (χ4n) is 0.874. The standard InChI is InChI=1S/C10H8O4.K/c1-2-9(11)14-8-6-4-3-5-7(8)10(12)13;/h2-6H,1H2,(H,12,13);/q;+1/p-1. The number of hydrogen-bond donors (Lipinski definition) is 0. The molecule has 72 valence electrons. The van der Waals surface area contributed by atoms with E-state index in [2.05, 4.69) is 11.3 Å². The van der Waals surface area contributed by atoms with E-state index in [1.54, 1.807) is 6.07 Å². The van der Waals surface area contributed by atoms with Crippen LogP contribution in [0.5, 0.6) is 5.75 Å². The molecule has 1 aromatic rings. The summed E-state index contributed by atoms with van der Waals surface area (Å²) in [7, 11) is 0. The smallest absolute Gasteiger partial charge is 0.545 e. The average molecular weight is 230 g/mol. The van der Waals surface area contributed by atoms with Crippen molar-refractivity contribution in [2.45, 2.75) is 0 Å². The number of ether oxygens (including phenoxy) is 1. The van der Waals surface area contributed by atoms with Crippen LogP contribution in [-0.2, 0) is 4.79 Å². The molecule has 0 saturated carbocycles. The van der Waals surface area contributed by atoms with Gasteiger partial charge in [-0.1, -0.05) is 18.7 Å². The van der Waals surface area contributed by atoms with Crippen molar-refractivity contribution in [3.05, 3.63) is 42.5 Å². The van der Waals surface area contributed by atoms with Gasteiger partial charge < -0.3 is 14.6 Å². The molecule has 0 spiro atoms. The molecule has 0 N–H and O–H groups in total. The Balaban J connectivity index is 0.00000196. The van der Waals surface area contributed by atoms with E-state index in [1.807, 2.05) is 0 Å². The van der Waals surface area contributed by atoms with Gasteiger partial charge in [-0.25, -0.2) is 4.79 Å². The zero-order chi connectivity index (χ0) is 10.6. The van der Waals surface area contributed by atoms with Crippen LogP contribution in [-0.4, -0.2) is 11.9 Å². The number of rotatable bonds is 3. The Labute approximate surface area is 129 Å². The summed E-state index contributed by atoms with van der Waals surface area (Å²) in [5.74, 6) is -2.14. The summed E-state index contributed by atoms with van der Waals surface area (Å²) in [6.07, 6.45) is 0.950. The molecule has 4 nitrogen and oxygen atoms in total. The fourth-order valence-corrected chi connectivity index (χ4v) is 0.874. The molecule has 0 radical (unpaired) electrons. The van der Waals surface area contributed by atoms with E-state index in [-0.39, 0.29) is 62.7 Å². The molecule has 0 aliphatic heterocycles. The van der Waals surface area contributed by atoms with E-state index < -0.39 is 11.9 Å². The Bertz CT molecular complexity index is 387. The van der Waals surface area contributed by atoms with E-state index in [1.165, 1.54) is 18.2 Å². The van der Waals surface area contributed by atoms with Crippen molar-refractivity contribution in [3.8, 4) is 5.75 Å². The quantitative estimate of drug-likeness (QED) is 0.242. The molecule has 0 unspecified atom stereocenters. The van der Waals surface area contributed by atoms with Crippen LogP contribution in [0.15, 0.2) is 36.9 Å². The molecule has 0 aliphatic rings. The van der Waals surface area contributed by atoms with Gasteiger partial charge in [-0.15, -0.1) is 0 Å². The predicted octanol–water partition coefficient (Wildman–Crippen LogP) is -2.85. The molecule has 0 saturated heterocycles. The van der Waals surface area contributed by atoms with Crippen molar-refractivity contribution < 1.29 is 70.8 Å². The van der Waals surface area contributed by atoms with E-state index in [0.717, 1.165) is 6.08 Å². The molecular weight excluding hydrogens is 223 g/mol. The summed E-state index contributed by atoms with van der Waals surface area (Å²) in [6.45, 7) is 3.19. The second-order valence-corrected chi connectivity index (χ2v) is 2.41. The van der Waals surface area contributed by atoms with Crippen LogP contribution in [0.2, 0.25) is 0 Å². The van der Waals surface area contributed by atoms with Crippen LogP contribution in [0.3, 0.4) is 0 Å². The summed E-state index contributed by atoms with van der Waals surface area (Å²) < 4.78 is 4.68. The molecule has 0 aliphatic carbocycles. The molecule has 0 atom stereocenters. The van der Waals surface area contributed by atoms with Gasteiger partial charge >= 0.3 is 57.4 Å². The number of carboxylic acids is 1. The van der Waals surface area contributed by atoms with E-state index >= 15 is 0 Å². The van der Waals surface area contributed by atoms with Gasteiger partial charge in [-0.05, 0) is 12.1 Å². The Hall–Kier alpha value is -0.464. The largest absolute Gasteiger partial charge is 1.00 e. The normalized spacial score (nSPS) is 8.53. The van der Waals surface area contributed by atoms with E-state index in [9.17, 15) is 14.7 Å². The summed E-state index contributed by atoms with van der Waals surface area (Å²) in [4.78, 5) is 21.4. The van der Waals surface area contributed by atoms with E-state index in [4.69, 9.17) is 0 Å². The molecule has 0 heterocycles. The van der Waals surface area contributed by atoms with Crippen LogP contribution in [0.4, 0.5) is 0 Å². The summed E-state index contributed by atoms with van der Waals surface area (Å²) in [5, 5.41) is 10.6. The second kappa shape index (κ2) is 6.92. The van der Waals surface area contributed by atoms with Crippen LogP contribution in [0.1, 0.15) is 10.4 Å². The number of benzene rings is 1. The number of aromatic carboxylic acids is 1. The number of hydrogen-bond acceptors (Lipinski definition) is 4. The van der Waals surface area contributed by atoms with Crippen LogP contribution >= 0.6 is 0 Å². The van der Waals surface area contributed by atoms with Gasteiger partial charge in [-0.3, -0.25) is 0 Å². The first-order valence-electron chi connectivity index (χ1n) is 3.79. The fraction of sp³-hybridized carbons (Fsp3) is 0. The first-order valence-corrected chi connectivity index (χ1v) is 3.79. The third-order valence-electron chi connectivity index (χ3n) is 1.48. The molecule has 1 aromatic carbocycles. The van der Waals surface area contributed by atoms with Crippen molar-refractivity contribution in [2.24, 2.45) is 0 Å². The van der Waals surface area contributed by atoms with Gasteiger partial charge in [0.1, 0.15) is 5.75 Å². The van der Waals surface area contributed by atoms with Gasteiger partial charge in [-0.2, -0.15) is 0 Å². The minimum Gasteiger partial charge on any atom is -0.545 e. The molecule has 0 fully saturated rings. The van der Waals surface area contributed by atoms with Crippen molar-refractivity contribution in [1.29, 1.82) is 0 Å². The summed E-state index contributed by atoms with van der Waals surface area (Å²) in [6, 6.07) is 5.72. The molecule has 0 amide bonds. The minimum absolute atomic E-state index is 0. The number of carbonyl (C=O) groups is 2. The Morgan fingerprint density at radius 3 is 2.47 bits per heavy atom. The van der Waals surface area contributed by atoms with Gasteiger partial charge in [0.15, 0.2) is 0 Å². The molecular formula is C10H7KO4. The Morgan fingerprint density at radius 1 is 1.33 bits per heavy atom. The van der Waals surface area contributed by atoms with Crippen LogP contribution in [0, 0.1) is 0 Å². The third kappa shape index (κ3) is 4.27. The van der Waals surface area contributed by atoms with E-state index in [0.29, 0.717) is 0 Å². The van der Waals surface area contributed by atoms with Crippen molar-refractivity contribution in [2.75, 3.05) is 0 Å². The summed E-state index contributed by atoms with van der Waals surface area (Å²) in [5.41, 5.74) is -0.164. The third-order valence-corrected chi connectivity index (χ3v) is 1.48. The molecule has 15 heavy (non-hydrogen) atoms. The van der Waals surface area contributed by atoms with Crippen molar-refractivity contribution in [1.82, 2.24) is 0 Å².